The highest BCUT2D eigenvalue weighted by molar-refractivity contribution is 6.08. The third-order valence-electron chi connectivity index (χ3n) is 8.99. The number of benzene rings is 4. The zero-order valence-corrected chi connectivity index (χ0v) is 31.9. The van der Waals surface area contributed by atoms with Crippen molar-refractivity contribution in [3.05, 3.63) is 101 Å². The number of carbonyl (C=O) groups excluding carboxylic acids is 3. The Kier molecular flexibility index (Phi) is 12.6. The van der Waals surface area contributed by atoms with E-state index in [9.17, 15) is 14.4 Å². The van der Waals surface area contributed by atoms with Gasteiger partial charge in [0.25, 0.3) is 5.91 Å². The number of anilines is 2. The predicted octanol–water partition coefficient (Wildman–Crippen LogP) is 8.19. The third kappa shape index (κ3) is 9.43. The van der Waals surface area contributed by atoms with Gasteiger partial charge in [0.2, 0.25) is 5.36 Å². The number of hydrogen-bond acceptors (Lipinski definition) is 7. The third-order valence-corrected chi connectivity index (χ3v) is 8.99. The van der Waals surface area contributed by atoms with Gasteiger partial charge in [-0.15, -0.1) is 0 Å². The summed E-state index contributed by atoms with van der Waals surface area (Å²) in [7, 11) is 0. The van der Waals surface area contributed by atoms with E-state index in [1.807, 2.05) is 18.2 Å². The standard InChI is InChI=1S/C43H50N4O6/c1-8-46(9-2)31-21-23-35-37(27-31)52-38-28-32(47(10-3)11-4)22-24-36(38)39(35)33-15-12-13-16-34(33)41(49)51-26-14-25-44-40(48)29-17-19-30(20-18-29)45-42(50)53-43(5,6)7/h12-13,15-24,27-28H,8-11,14,25-26H2,1-7H3,(H-,44,45,48,50)/p+1. The second-order valence-electron chi connectivity index (χ2n) is 13.7. The lowest BCUT2D eigenvalue weighted by Gasteiger charge is -2.22. The number of hydrogen-bond donors (Lipinski definition) is 2. The first-order valence-corrected chi connectivity index (χ1v) is 18.4. The van der Waals surface area contributed by atoms with Crippen LogP contribution in [0.1, 0.15) is 75.6 Å². The van der Waals surface area contributed by atoms with Gasteiger partial charge in [0.1, 0.15) is 30.0 Å². The Bertz CT molecular complexity index is 2100. The molecule has 1 aliphatic carbocycles. The summed E-state index contributed by atoms with van der Waals surface area (Å²) < 4.78 is 19.9. The number of nitrogens with one attached hydrogen (secondary N) is 2. The molecule has 3 aromatic rings. The van der Waals surface area contributed by atoms with E-state index in [4.69, 9.17) is 13.9 Å². The van der Waals surface area contributed by atoms with E-state index in [1.54, 1.807) is 51.1 Å². The molecule has 3 aromatic carbocycles. The fourth-order valence-corrected chi connectivity index (χ4v) is 6.35. The number of esters is 1. The van der Waals surface area contributed by atoms with Crippen LogP contribution in [0, 0.1) is 0 Å². The molecule has 0 fully saturated rings. The molecule has 0 aromatic heterocycles. The highest BCUT2D eigenvalue weighted by Gasteiger charge is 2.23. The molecule has 0 unspecified atom stereocenters. The first-order chi connectivity index (χ1) is 25.5. The molecule has 1 heterocycles. The molecule has 5 rings (SSSR count). The van der Waals surface area contributed by atoms with Crippen molar-refractivity contribution in [3.8, 4) is 22.5 Å². The number of carbonyl (C=O) groups is 3. The number of amides is 2. The van der Waals surface area contributed by atoms with Crippen LogP contribution in [0.2, 0.25) is 0 Å². The van der Waals surface area contributed by atoms with Gasteiger partial charge < -0.3 is 24.1 Å². The van der Waals surface area contributed by atoms with E-state index < -0.39 is 17.7 Å². The molecule has 0 spiro atoms. The summed E-state index contributed by atoms with van der Waals surface area (Å²) in [5, 5.41) is 7.49. The van der Waals surface area contributed by atoms with Gasteiger partial charge in [0.05, 0.1) is 18.2 Å². The summed E-state index contributed by atoms with van der Waals surface area (Å²) in [4.78, 5) is 40.7. The molecular weight excluding hydrogens is 668 g/mol. The monoisotopic (exact) mass is 719 g/mol. The van der Waals surface area contributed by atoms with Gasteiger partial charge in [-0.25, -0.2) is 14.2 Å². The minimum Gasteiger partial charge on any atom is -0.462 e. The maximum absolute atomic E-state index is 13.7. The SMILES string of the molecule is CCN(CC)c1ccc2c(-c3ccccc3C(=O)OCCCNC(=O)c3ccc(NC(=O)OC(C)(C)C)cc3)c3ccc(=[N+](CC)CC)cc-3oc2c1. The Morgan fingerprint density at radius 1 is 0.830 bits per heavy atom. The summed E-state index contributed by atoms with van der Waals surface area (Å²) in [5.41, 5.74) is 5.17. The maximum Gasteiger partial charge on any atom is 0.412 e. The highest BCUT2D eigenvalue weighted by Crippen LogP contribution is 2.42. The van der Waals surface area contributed by atoms with Crippen molar-refractivity contribution in [2.75, 3.05) is 49.5 Å². The molecule has 2 N–H and O–H groups in total. The second-order valence-corrected chi connectivity index (χ2v) is 13.7. The van der Waals surface area contributed by atoms with Crippen LogP contribution in [0.15, 0.2) is 89.3 Å². The minimum absolute atomic E-state index is 0.123. The smallest absolute Gasteiger partial charge is 0.412 e. The molecule has 278 valence electrons. The van der Waals surface area contributed by atoms with Crippen LogP contribution in [-0.2, 0) is 9.47 Å². The summed E-state index contributed by atoms with van der Waals surface area (Å²) in [6.07, 6.45) is -0.141. The molecular formula is C43H51N4O6+. The molecule has 0 saturated carbocycles. The Morgan fingerprint density at radius 2 is 1.55 bits per heavy atom. The Morgan fingerprint density at radius 3 is 2.23 bits per heavy atom. The van der Waals surface area contributed by atoms with E-state index in [2.05, 4.69) is 84.2 Å². The first kappa shape index (κ1) is 38.6. The highest BCUT2D eigenvalue weighted by atomic mass is 16.6. The number of rotatable bonds is 13. The fraction of sp³-hybridized carbons (Fsp3) is 0.349. The second kappa shape index (κ2) is 17.3. The van der Waals surface area contributed by atoms with Crippen LogP contribution in [0.4, 0.5) is 16.2 Å². The van der Waals surface area contributed by atoms with Gasteiger partial charge >= 0.3 is 12.1 Å². The van der Waals surface area contributed by atoms with Crippen LogP contribution in [0.3, 0.4) is 0 Å². The van der Waals surface area contributed by atoms with Crippen molar-refractivity contribution in [2.24, 2.45) is 0 Å². The Hall–Kier alpha value is -5.64. The van der Waals surface area contributed by atoms with Gasteiger partial charge in [-0.05, 0) is 109 Å². The summed E-state index contributed by atoms with van der Waals surface area (Å²) >= 11 is 0. The Balaban J connectivity index is 1.33. The lowest BCUT2D eigenvalue weighted by molar-refractivity contribution is 0.0501. The van der Waals surface area contributed by atoms with Crippen molar-refractivity contribution in [3.63, 3.8) is 0 Å². The zero-order valence-electron chi connectivity index (χ0n) is 31.9. The molecule has 10 heteroatoms. The lowest BCUT2D eigenvalue weighted by Crippen LogP contribution is -2.29. The Labute approximate surface area is 311 Å². The first-order valence-electron chi connectivity index (χ1n) is 18.4. The van der Waals surface area contributed by atoms with Crippen molar-refractivity contribution >= 4 is 40.3 Å². The summed E-state index contributed by atoms with van der Waals surface area (Å²) in [5.74, 6) is 0.0233. The largest absolute Gasteiger partial charge is 0.462 e. The van der Waals surface area contributed by atoms with Crippen LogP contribution in [-0.4, -0.2) is 62.9 Å². The number of nitrogens with zero attached hydrogens (tertiary/aromatic N) is 2. The van der Waals surface area contributed by atoms with Crippen molar-refractivity contribution in [1.29, 1.82) is 0 Å². The van der Waals surface area contributed by atoms with E-state index >= 15 is 0 Å². The van der Waals surface area contributed by atoms with Gasteiger partial charge in [-0.3, -0.25) is 10.1 Å². The molecule has 0 bridgehead atoms. The van der Waals surface area contributed by atoms with Crippen molar-refractivity contribution in [2.45, 2.75) is 60.5 Å². The van der Waals surface area contributed by atoms with E-state index in [-0.39, 0.29) is 12.5 Å². The van der Waals surface area contributed by atoms with Crippen LogP contribution in [0.5, 0.6) is 0 Å². The van der Waals surface area contributed by atoms with Gasteiger partial charge in [0.15, 0.2) is 0 Å². The molecule has 2 aliphatic rings. The maximum atomic E-state index is 13.7. The lowest BCUT2D eigenvalue weighted by atomic mass is 9.90. The van der Waals surface area contributed by atoms with Crippen LogP contribution < -0.4 is 25.5 Å². The molecule has 1 aliphatic heterocycles. The van der Waals surface area contributed by atoms with Gasteiger partial charge in [-0.2, -0.15) is 0 Å². The number of ether oxygens (including phenoxy) is 2. The summed E-state index contributed by atoms with van der Waals surface area (Å²) in [6.45, 7) is 17.8. The zero-order chi connectivity index (χ0) is 38.1. The summed E-state index contributed by atoms with van der Waals surface area (Å²) in [6, 6.07) is 26.6. The van der Waals surface area contributed by atoms with Crippen molar-refractivity contribution < 1.29 is 28.3 Å². The topological polar surface area (TPSA) is 113 Å². The van der Waals surface area contributed by atoms with Crippen molar-refractivity contribution in [1.82, 2.24) is 9.89 Å². The molecule has 10 nitrogen and oxygen atoms in total. The normalized spacial score (nSPS) is 11.3. The molecule has 0 atom stereocenters. The van der Waals surface area contributed by atoms with Crippen LogP contribution >= 0.6 is 0 Å². The van der Waals surface area contributed by atoms with E-state index in [1.165, 1.54) is 0 Å². The minimum atomic E-state index is -0.615. The average molecular weight is 720 g/mol. The van der Waals surface area contributed by atoms with Gasteiger partial charge in [-0.1, -0.05) is 18.2 Å². The molecule has 0 saturated heterocycles. The van der Waals surface area contributed by atoms with Gasteiger partial charge in [0, 0.05) is 65.2 Å². The average Bonchev–Trinajstić information content (AvgIpc) is 3.14. The molecule has 53 heavy (non-hydrogen) atoms. The fourth-order valence-electron chi connectivity index (χ4n) is 6.35. The number of fused-ring (bicyclic) bond motifs is 2. The molecule has 2 amide bonds. The van der Waals surface area contributed by atoms with E-state index in [0.29, 0.717) is 29.8 Å². The molecule has 0 radical (unpaired) electrons. The quantitative estimate of drug-likeness (QED) is 0.0546. The van der Waals surface area contributed by atoms with E-state index in [0.717, 1.165) is 70.6 Å². The van der Waals surface area contributed by atoms with Crippen LogP contribution in [0.25, 0.3) is 33.4 Å². The predicted molar refractivity (Wildman–Crippen MR) is 212 cm³/mol.